The third kappa shape index (κ3) is 3.31. The first-order valence-electron chi connectivity index (χ1n) is 7.10. The second-order valence-electron chi connectivity index (χ2n) is 6.60. The molecule has 0 atom stereocenters. The van der Waals surface area contributed by atoms with E-state index < -0.39 is 5.60 Å². The number of nitrogens with two attached hydrogens (primary N) is 1. The van der Waals surface area contributed by atoms with Crippen LogP contribution in [0.4, 0.5) is 4.79 Å². The topological polar surface area (TPSA) is 64.3 Å². The summed E-state index contributed by atoms with van der Waals surface area (Å²) in [5, 5.41) is 2.92. The van der Waals surface area contributed by atoms with Crippen LogP contribution in [0.2, 0.25) is 0 Å². The van der Waals surface area contributed by atoms with Crippen LogP contribution in [0.3, 0.4) is 0 Å². The zero-order chi connectivity index (χ0) is 14.8. The molecule has 0 saturated heterocycles. The van der Waals surface area contributed by atoms with E-state index in [1.165, 1.54) is 5.56 Å². The Morgan fingerprint density at radius 1 is 1.35 bits per heavy atom. The Morgan fingerprint density at radius 2 is 1.95 bits per heavy atom. The van der Waals surface area contributed by atoms with Crippen molar-refractivity contribution in [1.29, 1.82) is 0 Å². The third-order valence-corrected chi connectivity index (χ3v) is 3.77. The standard InChI is InChI=1S/C16H24N2O2/c1-15(2,3)20-14(19)18-13-9-16(10-13,11-17)12-7-5-4-6-8-12/h4-8,13H,9-11,17H2,1-3H3,(H,18,19). The van der Waals surface area contributed by atoms with Gasteiger partial charge in [0.1, 0.15) is 5.60 Å². The second kappa shape index (κ2) is 5.44. The third-order valence-electron chi connectivity index (χ3n) is 3.77. The quantitative estimate of drug-likeness (QED) is 0.891. The maximum absolute atomic E-state index is 11.7. The maximum atomic E-state index is 11.7. The van der Waals surface area contributed by atoms with E-state index in [0.29, 0.717) is 6.54 Å². The van der Waals surface area contributed by atoms with Gasteiger partial charge < -0.3 is 15.8 Å². The number of ether oxygens (including phenoxy) is 1. The first-order chi connectivity index (χ1) is 9.35. The number of carbonyl (C=O) groups excluding carboxylic acids is 1. The minimum absolute atomic E-state index is 0.000932. The molecular formula is C16H24N2O2. The van der Waals surface area contributed by atoms with Crippen LogP contribution in [0.25, 0.3) is 0 Å². The zero-order valence-corrected chi connectivity index (χ0v) is 12.5. The summed E-state index contributed by atoms with van der Waals surface area (Å²) in [5.41, 5.74) is 6.75. The van der Waals surface area contributed by atoms with Crippen molar-refractivity contribution in [3.05, 3.63) is 35.9 Å². The van der Waals surface area contributed by atoms with Crippen molar-refractivity contribution in [1.82, 2.24) is 5.32 Å². The number of alkyl carbamates (subject to hydrolysis) is 1. The van der Waals surface area contributed by atoms with Crippen molar-refractivity contribution in [2.75, 3.05) is 6.54 Å². The lowest BCUT2D eigenvalue weighted by Gasteiger charge is -2.47. The van der Waals surface area contributed by atoms with E-state index in [4.69, 9.17) is 10.5 Å². The van der Waals surface area contributed by atoms with Crippen LogP contribution in [-0.2, 0) is 10.2 Å². The van der Waals surface area contributed by atoms with E-state index in [2.05, 4.69) is 17.4 Å². The molecule has 0 spiro atoms. The van der Waals surface area contributed by atoms with Crippen molar-refractivity contribution >= 4 is 6.09 Å². The highest BCUT2D eigenvalue weighted by atomic mass is 16.6. The average Bonchev–Trinajstić information content (AvgIpc) is 2.32. The van der Waals surface area contributed by atoms with E-state index in [0.717, 1.165) is 12.8 Å². The van der Waals surface area contributed by atoms with E-state index in [-0.39, 0.29) is 17.6 Å². The fraction of sp³-hybridized carbons (Fsp3) is 0.562. The van der Waals surface area contributed by atoms with Crippen molar-refractivity contribution < 1.29 is 9.53 Å². The van der Waals surface area contributed by atoms with Gasteiger partial charge in [0.2, 0.25) is 0 Å². The molecule has 110 valence electrons. The Hall–Kier alpha value is -1.55. The molecule has 4 nitrogen and oxygen atoms in total. The van der Waals surface area contributed by atoms with Crippen LogP contribution < -0.4 is 11.1 Å². The Balaban J connectivity index is 1.91. The fourth-order valence-corrected chi connectivity index (χ4v) is 2.77. The molecule has 3 N–H and O–H groups in total. The minimum atomic E-state index is -0.460. The summed E-state index contributed by atoms with van der Waals surface area (Å²) in [6.07, 6.45) is 1.39. The van der Waals surface area contributed by atoms with Crippen molar-refractivity contribution in [2.24, 2.45) is 5.73 Å². The van der Waals surface area contributed by atoms with Gasteiger partial charge >= 0.3 is 6.09 Å². The number of nitrogens with one attached hydrogen (secondary N) is 1. The molecule has 0 unspecified atom stereocenters. The highest BCUT2D eigenvalue weighted by Gasteiger charge is 2.45. The molecule has 0 bridgehead atoms. The van der Waals surface area contributed by atoms with Crippen LogP contribution in [0, 0.1) is 0 Å². The predicted molar refractivity (Wildman–Crippen MR) is 79.6 cm³/mol. The van der Waals surface area contributed by atoms with E-state index in [1.807, 2.05) is 39.0 Å². The highest BCUT2D eigenvalue weighted by molar-refractivity contribution is 5.68. The maximum Gasteiger partial charge on any atom is 0.407 e. The molecular weight excluding hydrogens is 252 g/mol. The number of hydrogen-bond acceptors (Lipinski definition) is 3. The lowest BCUT2D eigenvalue weighted by Crippen LogP contribution is -2.57. The van der Waals surface area contributed by atoms with Gasteiger partial charge in [-0.15, -0.1) is 0 Å². The molecule has 1 saturated carbocycles. The molecule has 0 heterocycles. The Labute approximate surface area is 120 Å². The van der Waals surface area contributed by atoms with E-state index in [9.17, 15) is 4.79 Å². The van der Waals surface area contributed by atoms with Crippen molar-refractivity contribution in [2.45, 2.75) is 50.7 Å². The van der Waals surface area contributed by atoms with Gasteiger partial charge in [-0.25, -0.2) is 4.79 Å². The molecule has 1 fully saturated rings. The summed E-state index contributed by atoms with van der Waals surface area (Å²) in [4.78, 5) is 11.7. The largest absolute Gasteiger partial charge is 0.444 e. The molecule has 1 aliphatic rings. The van der Waals surface area contributed by atoms with Crippen LogP contribution in [0.1, 0.15) is 39.2 Å². The molecule has 20 heavy (non-hydrogen) atoms. The van der Waals surface area contributed by atoms with Crippen LogP contribution in [0.15, 0.2) is 30.3 Å². The van der Waals surface area contributed by atoms with Gasteiger partial charge in [0.25, 0.3) is 0 Å². The van der Waals surface area contributed by atoms with Gasteiger partial charge in [-0.05, 0) is 39.2 Å². The summed E-state index contributed by atoms with van der Waals surface area (Å²) in [7, 11) is 0. The molecule has 0 aliphatic heterocycles. The number of amides is 1. The smallest absolute Gasteiger partial charge is 0.407 e. The summed E-state index contributed by atoms with van der Waals surface area (Å²) in [6.45, 7) is 6.19. The molecule has 0 radical (unpaired) electrons. The molecule has 1 amide bonds. The minimum Gasteiger partial charge on any atom is -0.444 e. The summed E-state index contributed by atoms with van der Waals surface area (Å²) >= 11 is 0. The number of rotatable bonds is 3. The molecule has 4 heteroatoms. The zero-order valence-electron chi connectivity index (χ0n) is 12.5. The van der Waals surface area contributed by atoms with Crippen molar-refractivity contribution in [3.63, 3.8) is 0 Å². The monoisotopic (exact) mass is 276 g/mol. The lowest BCUT2D eigenvalue weighted by atomic mass is 9.61. The van der Waals surface area contributed by atoms with Gasteiger partial charge in [-0.3, -0.25) is 0 Å². The van der Waals surface area contributed by atoms with Crippen LogP contribution in [-0.4, -0.2) is 24.3 Å². The molecule has 0 aromatic heterocycles. The highest BCUT2D eigenvalue weighted by Crippen LogP contribution is 2.43. The van der Waals surface area contributed by atoms with E-state index in [1.54, 1.807) is 0 Å². The normalized spacial score (nSPS) is 25.7. The van der Waals surface area contributed by atoms with Gasteiger partial charge in [0.15, 0.2) is 0 Å². The first-order valence-corrected chi connectivity index (χ1v) is 7.10. The number of hydrogen-bond donors (Lipinski definition) is 2. The Morgan fingerprint density at radius 3 is 2.45 bits per heavy atom. The van der Waals surface area contributed by atoms with Gasteiger partial charge in [-0.2, -0.15) is 0 Å². The summed E-state index contributed by atoms with van der Waals surface area (Å²) in [6, 6.07) is 10.4. The molecule has 1 aromatic carbocycles. The second-order valence-corrected chi connectivity index (χ2v) is 6.60. The van der Waals surface area contributed by atoms with Gasteiger partial charge in [-0.1, -0.05) is 30.3 Å². The molecule has 1 aliphatic carbocycles. The Kier molecular flexibility index (Phi) is 4.04. The molecule has 1 aromatic rings. The van der Waals surface area contributed by atoms with Crippen molar-refractivity contribution in [3.8, 4) is 0 Å². The first kappa shape index (κ1) is 14.9. The number of carbonyl (C=O) groups is 1. The summed E-state index contributed by atoms with van der Waals surface area (Å²) in [5.74, 6) is 0. The SMILES string of the molecule is CC(C)(C)OC(=O)NC1CC(CN)(c2ccccc2)C1. The Bertz CT molecular complexity index is 459. The molecule has 2 rings (SSSR count). The predicted octanol–water partition coefficient (Wildman–Crippen LogP) is 2.57. The lowest BCUT2D eigenvalue weighted by molar-refractivity contribution is 0.0434. The van der Waals surface area contributed by atoms with Gasteiger partial charge in [0, 0.05) is 18.0 Å². The van der Waals surface area contributed by atoms with Crippen LogP contribution >= 0.6 is 0 Å². The summed E-state index contributed by atoms with van der Waals surface area (Å²) < 4.78 is 5.27. The number of benzene rings is 1. The average molecular weight is 276 g/mol. The van der Waals surface area contributed by atoms with E-state index >= 15 is 0 Å². The van der Waals surface area contributed by atoms with Crippen LogP contribution in [0.5, 0.6) is 0 Å². The van der Waals surface area contributed by atoms with Gasteiger partial charge in [0.05, 0.1) is 0 Å². The fourth-order valence-electron chi connectivity index (χ4n) is 2.77.